The van der Waals surface area contributed by atoms with E-state index in [0.29, 0.717) is 35.1 Å². The maximum absolute atomic E-state index is 12.8. The molecule has 0 aliphatic carbocycles. The van der Waals surface area contributed by atoms with E-state index in [2.05, 4.69) is 0 Å². The highest BCUT2D eigenvalue weighted by atomic mass is 16.7. The molecule has 26 heavy (non-hydrogen) atoms. The zero-order valence-electron chi connectivity index (χ0n) is 14.5. The number of ether oxygens (including phenoxy) is 2. The van der Waals surface area contributed by atoms with E-state index in [1.807, 2.05) is 12.1 Å². The van der Waals surface area contributed by atoms with E-state index in [1.54, 1.807) is 30.9 Å². The highest BCUT2D eigenvalue weighted by Crippen LogP contribution is 2.39. The number of furan rings is 1. The molecule has 1 aromatic heterocycles. The number of fused-ring (bicyclic) bond motifs is 1. The van der Waals surface area contributed by atoms with Crippen molar-refractivity contribution in [2.45, 2.75) is 19.8 Å². The van der Waals surface area contributed by atoms with Crippen molar-refractivity contribution in [1.29, 1.82) is 0 Å². The molecule has 136 valence electrons. The summed E-state index contributed by atoms with van der Waals surface area (Å²) in [6, 6.07) is 7.13. The largest absolute Gasteiger partial charge is 0.481 e. The first kappa shape index (κ1) is 16.5. The van der Waals surface area contributed by atoms with Gasteiger partial charge < -0.3 is 23.9 Å². The van der Waals surface area contributed by atoms with Crippen LogP contribution in [0.3, 0.4) is 0 Å². The molecular weight excluding hydrogens is 338 g/mol. The van der Waals surface area contributed by atoms with Gasteiger partial charge in [-0.25, -0.2) is 0 Å². The van der Waals surface area contributed by atoms with Crippen LogP contribution >= 0.6 is 0 Å². The molecule has 0 spiro atoms. The standard InChI is InChI=1S/C19H19NO6/c1-10-5-13(11(2)26-10)18(21)20-7-14(15(8-20)19(22)23)12-3-4-16-17(6-12)25-9-24-16/h3-6,14-15H,7-9H2,1-2H3,(H,22,23)/t14-,15+/m1/s1. The lowest BCUT2D eigenvalue weighted by atomic mass is 9.89. The molecule has 2 aliphatic rings. The SMILES string of the molecule is Cc1cc(C(=O)N2C[C@H](C(=O)O)[C@@H](c3ccc4c(c3)OCO4)C2)c(C)o1. The fourth-order valence-corrected chi connectivity index (χ4v) is 3.71. The fourth-order valence-electron chi connectivity index (χ4n) is 3.71. The van der Waals surface area contributed by atoms with Gasteiger partial charge in [0.2, 0.25) is 6.79 Å². The summed E-state index contributed by atoms with van der Waals surface area (Å²) in [5.74, 6) is 0.371. The average Bonchev–Trinajstić information content (AvgIpc) is 3.30. The predicted molar refractivity (Wildman–Crippen MR) is 90.5 cm³/mol. The summed E-state index contributed by atoms with van der Waals surface area (Å²) in [6.07, 6.45) is 0. The Labute approximate surface area is 150 Å². The van der Waals surface area contributed by atoms with Gasteiger partial charge in [-0.2, -0.15) is 0 Å². The zero-order valence-corrected chi connectivity index (χ0v) is 14.5. The van der Waals surface area contributed by atoms with Gasteiger partial charge in [0.15, 0.2) is 11.5 Å². The Morgan fingerprint density at radius 2 is 1.88 bits per heavy atom. The normalized spacial score (nSPS) is 21.2. The van der Waals surface area contributed by atoms with Crippen molar-refractivity contribution >= 4 is 11.9 Å². The van der Waals surface area contributed by atoms with E-state index in [0.717, 1.165) is 5.56 Å². The summed E-state index contributed by atoms with van der Waals surface area (Å²) >= 11 is 0. The monoisotopic (exact) mass is 357 g/mol. The molecule has 2 aliphatic heterocycles. The highest BCUT2D eigenvalue weighted by Gasteiger charge is 2.41. The van der Waals surface area contributed by atoms with E-state index in [9.17, 15) is 14.7 Å². The van der Waals surface area contributed by atoms with Crippen molar-refractivity contribution in [2.75, 3.05) is 19.9 Å². The number of aliphatic carboxylic acids is 1. The van der Waals surface area contributed by atoms with Gasteiger partial charge in [0, 0.05) is 19.0 Å². The summed E-state index contributed by atoms with van der Waals surface area (Å²) in [7, 11) is 0. The van der Waals surface area contributed by atoms with Crippen LogP contribution in [0.1, 0.15) is 33.4 Å². The number of hydrogen-bond donors (Lipinski definition) is 1. The molecule has 2 atom stereocenters. The topological polar surface area (TPSA) is 89.2 Å². The van der Waals surface area contributed by atoms with E-state index >= 15 is 0 Å². The van der Waals surface area contributed by atoms with Gasteiger partial charge >= 0.3 is 5.97 Å². The molecule has 1 aromatic carbocycles. The van der Waals surface area contributed by atoms with Crippen molar-refractivity contribution < 1.29 is 28.6 Å². The first-order valence-electron chi connectivity index (χ1n) is 8.42. The van der Waals surface area contributed by atoms with Crippen LogP contribution in [0.15, 0.2) is 28.7 Å². The van der Waals surface area contributed by atoms with Crippen LogP contribution in [0.5, 0.6) is 11.5 Å². The summed E-state index contributed by atoms with van der Waals surface area (Å²) < 4.78 is 16.1. The zero-order chi connectivity index (χ0) is 18.4. The molecule has 0 unspecified atom stereocenters. The Hall–Kier alpha value is -2.96. The summed E-state index contributed by atoms with van der Waals surface area (Å²) in [5.41, 5.74) is 1.31. The van der Waals surface area contributed by atoms with E-state index in [1.165, 1.54) is 0 Å². The van der Waals surface area contributed by atoms with Crippen LogP contribution in [-0.4, -0.2) is 41.8 Å². The van der Waals surface area contributed by atoms with Gasteiger partial charge in [0.05, 0.1) is 11.5 Å². The molecule has 1 fully saturated rings. The Balaban J connectivity index is 1.62. The second-order valence-electron chi connectivity index (χ2n) is 6.70. The molecular formula is C19H19NO6. The smallest absolute Gasteiger partial charge is 0.308 e. The number of aryl methyl sites for hydroxylation is 2. The van der Waals surface area contributed by atoms with Crippen LogP contribution in [0.4, 0.5) is 0 Å². The molecule has 0 saturated carbocycles. The second-order valence-corrected chi connectivity index (χ2v) is 6.70. The molecule has 0 radical (unpaired) electrons. The van der Waals surface area contributed by atoms with Crippen molar-refractivity contribution in [3.63, 3.8) is 0 Å². The molecule has 0 bridgehead atoms. The molecule has 3 heterocycles. The molecule has 1 amide bonds. The number of nitrogens with zero attached hydrogens (tertiary/aromatic N) is 1. The lowest BCUT2D eigenvalue weighted by molar-refractivity contribution is -0.141. The number of carbonyl (C=O) groups excluding carboxylic acids is 1. The third-order valence-corrected chi connectivity index (χ3v) is 5.02. The second kappa shape index (κ2) is 6.09. The molecule has 1 N–H and O–H groups in total. The van der Waals surface area contributed by atoms with Gasteiger partial charge in [-0.05, 0) is 37.6 Å². The number of rotatable bonds is 3. The average molecular weight is 357 g/mol. The molecule has 1 saturated heterocycles. The van der Waals surface area contributed by atoms with E-state index in [4.69, 9.17) is 13.9 Å². The number of carboxylic acids is 1. The molecule has 7 heteroatoms. The van der Waals surface area contributed by atoms with Crippen molar-refractivity contribution in [3.8, 4) is 11.5 Å². The van der Waals surface area contributed by atoms with Gasteiger partial charge in [-0.15, -0.1) is 0 Å². The number of carboxylic acid groups (broad SMARTS) is 1. The number of benzene rings is 1. The van der Waals surface area contributed by atoms with E-state index < -0.39 is 11.9 Å². The van der Waals surface area contributed by atoms with Gasteiger partial charge in [-0.1, -0.05) is 6.07 Å². The van der Waals surface area contributed by atoms with Crippen molar-refractivity contribution in [2.24, 2.45) is 5.92 Å². The fraction of sp³-hybridized carbons (Fsp3) is 0.368. The van der Waals surface area contributed by atoms with Crippen molar-refractivity contribution in [3.05, 3.63) is 46.9 Å². The number of hydrogen-bond acceptors (Lipinski definition) is 5. The highest BCUT2D eigenvalue weighted by molar-refractivity contribution is 5.96. The van der Waals surface area contributed by atoms with Crippen LogP contribution in [-0.2, 0) is 4.79 Å². The Morgan fingerprint density at radius 3 is 2.58 bits per heavy atom. The Bertz CT molecular complexity index is 886. The van der Waals surface area contributed by atoms with Crippen LogP contribution in [0.25, 0.3) is 0 Å². The van der Waals surface area contributed by atoms with E-state index in [-0.39, 0.29) is 25.2 Å². The first-order valence-corrected chi connectivity index (χ1v) is 8.42. The Morgan fingerprint density at radius 1 is 1.12 bits per heavy atom. The lowest BCUT2D eigenvalue weighted by Crippen LogP contribution is -2.30. The summed E-state index contributed by atoms with van der Waals surface area (Å²) in [6.45, 7) is 4.18. The van der Waals surface area contributed by atoms with Crippen LogP contribution in [0.2, 0.25) is 0 Å². The minimum Gasteiger partial charge on any atom is -0.481 e. The number of likely N-dealkylation sites (tertiary alicyclic amines) is 1. The quantitative estimate of drug-likeness (QED) is 0.908. The maximum Gasteiger partial charge on any atom is 0.308 e. The molecule has 4 rings (SSSR count). The van der Waals surface area contributed by atoms with Gasteiger partial charge in [0.25, 0.3) is 5.91 Å². The summed E-state index contributed by atoms with van der Waals surface area (Å²) in [4.78, 5) is 26.2. The maximum atomic E-state index is 12.8. The minimum absolute atomic E-state index is 0.162. The molecule has 2 aromatic rings. The number of carbonyl (C=O) groups is 2. The summed E-state index contributed by atoms with van der Waals surface area (Å²) in [5, 5.41) is 9.65. The third kappa shape index (κ3) is 2.69. The Kier molecular flexibility index (Phi) is 3.86. The molecule has 7 nitrogen and oxygen atoms in total. The van der Waals surface area contributed by atoms with Crippen molar-refractivity contribution in [1.82, 2.24) is 4.90 Å². The predicted octanol–water partition coefficient (Wildman–Crippen LogP) is 2.57. The van der Waals surface area contributed by atoms with Crippen LogP contribution < -0.4 is 9.47 Å². The first-order chi connectivity index (χ1) is 12.4. The van der Waals surface area contributed by atoms with Gasteiger partial charge in [0.1, 0.15) is 11.5 Å². The third-order valence-electron chi connectivity index (χ3n) is 5.02. The van der Waals surface area contributed by atoms with Gasteiger partial charge in [-0.3, -0.25) is 9.59 Å². The van der Waals surface area contributed by atoms with Crippen LogP contribution in [0, 0.1) is 19.8 Å². The lowest BCUT2D eigenvalue weighted by Gasteiger charge is -2.16. The number of amides is 1. The minimum atomic E-state index is -0.914.